The molecule has 0 fully saturated rings. The third kappa shape index (κ3) is 4.35. The molecule has 0 saturated heterocycles. The molecule has 1 atom stereocenters. The molecule has 3 aromatic carbocycles. The maximum absolute atomic E-state index is 13.4. The Morgan fingerprint density at radius 1 is 1.03 bits per heavy atom. The highest BCUT2D eigenvalue weighted by Crippen LogP contribution is 2.31. The first-order chi connectivity index (χ1) is 14.3. The largest absolute Gasteiger partial charge is 0.508 e. The zero-order valence-corrected chi connectivity index (χ0v) is 17.9. The molecule has 3 aromatic rings. The number of hydrogen-bond donors (Lipinski definition) is 1. The molecule has 0 aromatic heterocycles. The Morgan fingerprint density at radius 3 is 2.32 bits per heavy atom. The summed E-state index contributed by atoms with van der Waals surface area (Å²) in [6, 6.07) is 17.9. The van der Waals surface area contributed by atoms with E-state index in [1.807, 2.05) is 30.3 Å². The van der Waals surface area contributed by atoms with Crippen molar-refractivity contribution in [1.29, 1.82) is 0 Å². The lowest BCUT2D eigenvalue weighted by Gasteiger charge is -2.21. The maximum atomic E-state index is 13.4. The summed E-state index contributed by atoms with van der Waals surface area (Å²) in [5, 5.41) is 10.3. The normalized spacial score (nSPS) is 15.6. The van der Waals surface area contributed by atoms with Gasteiger partial charge in [0.2, 0.25) is 0 Å². The van der Waals surface area contributed by atoms with E-state index in [0.29, 0.717) is 17.2 Å². The second kappa shape index (κ2) is 8.94. The zero-order valence-electron chi connectivity index (χ0n) is 17.2. The number of benzene rings is 3. The lowest BCUT2D eigenvalue weighted by atomic mass is 9.96. The maximum Gasteiger partial charge on any atom is 0.251 e. The van der Waals surface area contributed by atoms with Crippen LogP contribution in [0, 0.1) is 13.8 Å². The second-order valence-corrected chi connectivity index (χ2v) is 8.11. The molecule has 5 heteroatoms. The molecular formula is C26H27ClN2O2. The number of phenolic OH excluding ortho intramolecular Hbond substituents is 1. The van der Waals surface area contributed by atoms with Gasteiger partial charge in [-0.15, -0.1) is 0 Å². The number of hydrogen-bond acceptors (Lipinski definition) is 3. The van der Waals surface area contributed by atoms with Crippen molar-refractivity contribution in [3.05, 3.63) is 93.5 Å². The smallest absolute Gasteiger partial charge is 0.251 e. The van der Waals surface area contributed by atoms with Gasteiger partial charge in [-0.2, -0.15) is 0 Å². The first-order valence-corrected chi connectivity index (χ1v) is 10.2. The molecule has 4 nitrogen and oxygen atoms in total. The highest BCUT2D eigenvalue weighted by atomic mass is 35.5. The molecule has 1 aliphatic heterocycles. The molecule has 0 aliphatic carbocycles. The first kappa shape index (κ1) is 22.6. The first-order valence-electron chi connectivity index (χ1n) is 9.85. The number of fused-ring (bicyclic) bond motifs is 1. The van der Waals surface area contributed by atoms with E-state index in [1.165, 1.54) is 0 Å². The van der Waals surface area contributed by atoms with Gasteiger partial charge in [-0.05, 0) is 73.0 Å². The van der Waals surface area contributed by atoms with Crippen LogP contribution in [0.1, 0.15) is 35.2 Å². The number of carbonyl (C=O) groups excluding carboxylic acids is 1. The van der Waals surface area contributed by atoms with Crippen LogP contribution >= 0.6 is 11.6 Å². The third-order valence-electron chi connectivity index (χ3n) is 5.66. The fraction of sp³-hybridized carbons (Fsp3) is 0.231. The number of benzodiazepines with no additional fused rings is 1. The minimum absolute atomic E-state index is 0. The fourth-order valence-corrected chi connectivity index (χ4v) is 4.13. The van der Waals surface area contributed by atoms with E-state index in [-0.39, 0.29) is 19.1 Å². The van der Waals surface area contributed by atoms with Gasteiger partial charge in [0, 0.05) is 29.6 Å². The highest BCUT2D eigenvalue weighted by molar-refractivity contribution is 6.32. The average molecular weight is 435 g/mol. The number of aliphatic imine (C=N–C) groups is 1. The van der Waals surface area contributed by atoms with E-state index >= 15 is 0 Å². The van der Waals surface area contributed by atoms with Crippen LogP contribution in [0.3, 0.4) is 0 Å². The number of carbonyl (C=O) groups is 1. The van der Waals surface area contributed by atoms with E-state index in [4.69, 9.17) is 16.6 Å². The lowest BCUT2D eigenvalue weighted by Crippen LogP contribution is -2.36. The Balaban J connectivity index is 0.00000272. The van der Waals surface area contributed by atoms with Crippen molar-refractivity contribution in [3.63, 3.8) is 0 Å². The number of halogens is 1. The van der Waals surface area contributed by atoms with Crippen LogP contribution in [0.2, 0.25) is 5.02 Å². The molecule has 160 valence electrons. The van der Waals surface area contributed by atoms with Gasteiger partial charge in [-0.3, -0.25) is 9.79 Å². The van der Waals surface area contributed by atoms with Gasteiger partial charge in [0.05, 0.1) is 11.4 Å². The molecule has 0 spiro atoms. The van der Waals surface area contributed by atoms with Gasteiger partial charge in [-0.25, -0.2) is 0 Å². The van der Waals surface area contributed by atoms with E-state index in [2.05, 4.69) is 26.0 Å². The highest BCUT2D eigenvalue weighted by Gasteiger charge is 2.30. The van der Waals surface area contributed by atoms with Crippen molar-refractivity contribution in [2.24, 2.45) is 4.99 Å². The molecule has 1 unspecified atom stereocenters. The third-order valence-corrected chi connectivity index (χ3v) is 5.89. The summed E-state index contributed by atoms with van der Waals surface area (Å²) in [7, 11) is 1.78. The molecule has 0 saturated carbocycles. The molecule has 1 amide bonds. The van der Waals surface area contributed by atoms with Crippen molar-refractivity contribution < 1.29 is 9.90 Å². The standard InChI is InChI=1S/C25H23ClN2O2.CH4/c1-15-5-4-6-16(2)20(15)14-22-25(30)28(3)23-12-9-18(26)13-21(23)24(27-22)17-7-10-19(29)11-8-17;/h4-13,22,29H,14H2,1-3H3;1H4. The van der Waals surface area contributed by atoms with Gasteiger partial charge in [0.15, 0.2) is 0 Å². The number of rotatable bonds is 3. The Bertz CT molecular complexity index is 1130. The number of anilines is 1. The summed E-state index contributed by atoms with van der Waals surface area (Å²) in [5.41, 5.74) is 6.52. The Kier molecular flexibility index (Phi) is 6.51. The average Bonchev–Trinajstić information content (AvgIpc) is 2.82. The Morgan fingerprint density at radius 2 is 1.68 bits per heavy atom. The van der Waals surface area contributed by atoms with Crippen LogP contribution in [0.5, 0.6) is 5.75 Å². The topological polar surface area (TPSA) is 52.9 Å². The number of phenols is 1. The van der Waals surface area contributed by atoms with Gasteiger partial charge in [0.25, 0.3) is 5.91 Å². The van der Waals surface area contributed by atoms with Crippen LogP contribution < -0.4 is 4.90 Å². The Labute approximate surface area is 188 Å². The van der Waals surface area contributed by atoms with Crippen molar-refractivity contribution in [1.82, 2.24) is 0 Å². The van der Waals surface area contributed by atoms with E-state index in [1.54, 1.807) is 30.1 Å². The van der Waals surface area contributed by atoms with Crippen LogP contribution in [-0.4, -0.2) is 29.8 Å². The SMILES string of the molecule is C.Cc1cccc(C)c1CC1N=C(c2ccc(O)cc2)c2cc(Cl)ccc2N(C)C1=O. The molecule has 0 bridgehead atoms. The van der Waals surface area contributed by atoms with Crippen molar-refractivity contribution >= 4 is 28.9 Å². The molecular weight excluding hydrogens is 408 g/mol. The predicted octanol–water partition coefficient (Wildman–Crippen LogP) is 5.72. The lowest BCUT2D eigenvalue weighted by molar-refractivity contribution is -0.119. The van der Waals surface area contributed by atoms with Crippen LogP contribution in [0.15, 0.2) is 65.7 Å². The summed E-state index contributed by atoms with van der Waals surface area (Å²) in [4.78, 5) is 20.0. The fourth-order valence-electron chi connectivity index (χ4n) is 3.96. The minimum Gasteiger partial charge on any atom is -0.508 e. The molecule has 4 rings (SSSR count). The Hall–Kier alpha value is -3.11. The van der Waals surface area contributed by atoms with E-state index in [0.717, 1.165) is 33.5 Å². The van der Waals surface area contributed by atoms with Gasteiger partial charge in [-0.1, -0.05) is 37.2 Å². The van der Waals surface area contributed by atoms with Crippen molar-refractivity contribution in [3.8, 4) is 5.75 Å². The van der Waals surface area contributed by atoms with E-state index < -0.39 is 6.04 Å². The summed E-state index contributed by atoms with van der Waals surface area (Å²) in [5.74, 6) is 0.120. The number of likely N-dealkylation sites (N-methyl/N-ethyl adjacent to an activating group) is 1. The predicted molar refractivity (Wildman–Crippen MR) is 129 cm³/mol. The summed E-state index contributed by atoms with van der Waals surface area (Å²) >= 11 is 6.30. The van der Waals surface area contributed by atoms with Crippen LogP contribution in [0.4, 0.5) is 5.69 Å². The summed E-state index contributed by atoms with van der Waals surface area (Å²) in [6.07, 6.45) is 0.519. The minimum atomic E-state index is -0.565. The van der Waals surface area contributed by atoms with Gasteiger partial charge < -0.3 is 10.0 Å². The van der Waals surface area contributed by atoms with Gasteiger partial charge >= 0.3 is 0 Å². The van der Waals surface area contributed by atoms with Crippen LogP contribution in [0.25, 0.3) is 0 Å². The second-order valence-electron chi connectivity index (χ2n) is 7.67. The zero-order chi connectivity index (χ0) is 21.4. The quantitative estimate of drug-likeness (QED) is 0.572. The molecule has 0 radical (unpaired) electrons. The van der Waals surface area contributed by atoms with E-state index in [9.17, 15) is 9.90 Å². The molecule has 31 heavy (non-hydrogen) atoms. The molecule has 1 heterocycles. The summed E-state index contributed by atoms with van der Waals surface area (Å²) < 4.78 is 0. The number of amides is 1. The van der Waals surface area contributed by atoms with Gasteiger partial charge in [0.1, 0.15) is 11.8 Å². The summed E-state index contributed by atoms with van der Waals surface area (Å²) in [6.45, 7) is 4.12. The number of nitrogens with zero attached hydrogens (tertiary/aromatic N) is 2. The number of aromatic hydroxyl groups is 1. The van der Waals surface area contributed by atoms with Crippen molar-refractivity contribution in [2.75, 3.05) is 11.9 Å². The van der Waals surface area contributed by atoms with Crippen molar-refractivity contribution in [2.45, 2.75) is 33.7 Å². The number of aryl methyl sites for hydroxylation is 2. The molecule has 1 aliphatic rings. The monoisotopic (exact) mass is 434 g/mol. The van der Waals surface area contributed by atoms with Crippen LogP contribution in [-0.2, 0) is 11.2 Å². The molecule has 1 N–H and O–H groups in total.